The number of hydrogen-bond donors (Lipinski definition) is 3. The van der Waals surface area contributed by atoms with Crippen LogP contribution in [-0.2, 0) is 0 Å². The Morgan fingerprint density at radius 1 is 1.00 bits per heavy atom. The van der Waals surface area contributed by atoms with Gasteiger partial charge < -0.3 is 15.3 Å². The molecular formula is C13H9ClO4. The monoisotopic (exact) mass is 264 g/mol. The van der Waals surface area contributed by atoms with E-state index < -0.39 is 5.97 Å². The maximum Gasteiger partial charge on any atom is 0.339 e. The Morgan fingerprint density at radius 2 is 1.67 bits per heavy atom. The minimum Gasteiger partial charge on any atom is -0.507 e. The number of aromatic hydroxyl groups is 2. The number of phenolic OH excluding ortho intramolecular Hbond substituents is 1. The zero-order valence-corrected chi connectivity index (χ0v) is 9.85. The molecule has 18 heavy (non-hydrogen) atoms. The summed E-state index contributed by atoms with van der Waals surface area (Å²) in [4.78, 5) is 10.9. The fraction of sp³-hybridized carbons (Fsp3) is 0. The smallest absolute Gasteiger partial charge is 0.339 e. The molecule has 0 fully saturated rings. The number of aromatic carboxylic acids is 1. The molecule has 0 aromatic heterocycles. The molecule has 2 aromatic carbocycles. The zero-order valence-electron chi connectivity index (χ0n) is 9.09. The van der Waals surface area contributed by atoms with Gasteiger partial charge in [0.2, 0.25) is 0 Å². The van der Waals surface area contributed by atoms with Gasteiger partial charge in [-0.15, -0.1) is 0 Å². The highest BCUT2D eigenvalue weighted by Gasteiger charge is 2.13. The Labute approximate surface area is 108 Å². The van der Waals surface area contributed by atoms with Crippen LogP contribution in [0.2, 0.25) is 5.02 Å². The van der Waals surface area contributed by atoms with Crippen LogP contribution in [0.15, 0.2) is 36.4 Å². The minimum atomic E-state index is -1.24. The number of halogens is 1. The molecule has 0 saturated carbocycles. The van der Waals surface area contributed by atoms with Gasteiger partial charge >= 0.3 is 5.97 Å². The van der Waals surface area contributed by atoms with Crippen molar-refractivity contribution < 1.29 is 20.1 Å². The third kappa shape index (κ3) is 2.24. The lowest BCUT2D eigenvalue weighted by Gasteiger charge is -2.07. The van der Waals surface area contributed by atoms with E-state index in [1.54, 1.807) is 0 Å². The van der Waals surface area contributed by atoms with Gasteiger partial charge in [0, 0.05) is 10.6 Å². The molecule has 2 rings (SSSR count). The normalized spacial score (nSPS) is 10.3. The van der Waals surface area contributed by atoms with Gasteiger partial charge in [-0.3, -0.25) is 0 Å². The Kier molecular flexibility index (Phi) is 3.12. The lowest BCUT2D eigenvalue weighted by atomic mass is 10.0. The van der Waals surface area contributed by atoms with E-state index in [9.17, 15) is 15.0 Å². The van der Waals surface area contributed by atoms with Gasteiger partial charge in [-0.2, -0.15) is 0 Å². The summed E-state index contributed by atoms with van der Waals surface area (Å²) in [7, 11) is 0. The van der Waals surface area contributed by atoms with Crippen LogP contribution in [0, 0.1) is 0 Å². The molecule has 3 N–H and O–H groups in total. The topological polar surface area (TPSA) is 77.8 Å². The molecule has 0 bridgehead atoms. The second kappa shape index (κ2) is 4.58. The number of rotatable bonds is 2. The van der Waals surface area contributed by atoms with Crippen LogP contribution in [0.3, 0.4) is 0 Å². The number of carbonyl (C=O) groups is 1. The van der Waals surface area contributed by atoms with Gasteiger partial charge in [-0.05, 0) is 35.9 Å². The van der Waals surface area contributed by atoms with E-state index in [0.29, 0.717) is 16.1 Å². The van der Waals surface area contributed by atoms with Gasteiger partial charge in [-0.25, -0.2) is 4.79 Å². The van der Waals surface area contributed by atoms with Crippen LogP contribution in [0.5, 0.6) is 11.5 Å². The molecule has 2 aromatic rings. The molecule has 0 spiro atoms. The van der Waals surface area contributed by atoms with Crippen molar-refractivity contribution in [2.75, 3.05) is 0 Å². The average Bonchev–Trinajstić information content (AvgIpc) is 2.33. The Morgan fingerprint density at radius 3 is 2.33 bits per heavy atom. The third-order valence-electron chi connectivity index (χ3n) is 2.50. The first-order valence-electron chi connectivity index (χ1n) is 5.04. The van der Waals surface area contributed by atoms with Crippen LogP contribution in [0.25, 0.3) is 11.1 Å². The largest absolute Gasteiger partial charge is 0.507 e. The number of carboxylic acids is 1. The molecule has 0 aliphatic carbocycles. The maximum atomic E-state index is 10.9. The predicted octanol–water partition coefficient (Wildman–Crippen LogP) is 3.12. The molecule has 0 aliphatic heterocycles. The van der Waals surface area contributed by atoms with Crippen LogP contribution in [0.4, 0.5) is 0 Å². The number of benzene rings is 2. The molecule has 4 nitrogen and oxygen atoms in total. The molecule has 5 heteroatoms. The molecule has 0 aliphatic rings. The summed E-state index contributed by atoms with van der Waals surface area (Å²) < 4.78 is 0. The van der Waals surface area contributed by atoms with Crippen molar-refractivity contribution >= 4 is 17.6 Å². The molecule has 0 heterocycles. The summed E-state index contributed by atoms with van der Waals surface area (Å²) in [6.45, 7) is 0. The van der Waals surface area contributed by atoms with Gasteiger partial charge in [0.15, 0.2) is 0 Å². The van der Waals surface area contributed by atoms with Gasteiger partial charge in [0.1, 0.15) is 17.1 Å². The second-order valence-electron chi connectivity index (χ2n) is 3.70. The second-order valence-corrected chi connectivity index (χ2v) is 4.13. The van der Waals surface area contributed by atoms with Gasteiger partial charge in [0.05, 0.1) is 0 Å². The van der Waals surface area contributed by atoms with Crippen LogP contribution in [0.1, 0.15) is 10.4 Å². The van der Waals surface area contributed by atoms with Gasteiger partial charge in [-0.1, -0.05) is 17.7 Å². The first kappa shape index (κ1) is 12.3. The molecule has 0 amide bonds. The first-order valence-corrected chi connectivity index (χ1v) is 5.42. The van der Waals surface area contributed by atoms with Crippen molar-refractivity contribution in [2.45, 2.75) is 0 Å². The highest BCUT2D eigenvalue weighted by Crippen LogP contribution is 2.33. The van der Waals surface area contributed by atoms with Gasteiger partial charge in [0.25, 0.3) is 0 Å². The van der Waals surface area contributed by atoms with Crippen molar-refractivity contribution in [3.8, 4) is 22.6 Å². The van der Waals surface area contributed by atoms with E-state index in [1.165, 1.54) is 36.4 Å². The SMILES string of the molecule is O=C(O)c1cc(-c2cc(Cl)ccc2O)ccc1O. The Balaban J connectivity index is 2.61. The first-order chi connectivity index (χ1) is 8.49. The lowest BCUT2D eigenvalue weighted by molar-refractivity contribution is 0.0694. The van der Waals surface area contributed by atoms with Crippen molar-refractivity contribution in [2.24, 2.45) is 0 Å². The van der Waals surface area contributed by atoms with Crippen LogP contribution < -0.4 is 0 Å². The minimum absolute atomic E-state index is 0.0126. The maximum absolute atomic E-state index is 10.9. The quantitative estimate of drug-likeness (QED) is 0.779. The molecule has 0 atom stereocenters. The van der Waals surface area contributed by atoms with E-state index in [4.69, 9.17) is 16.7 Å². The Hall–Kier alpha value is -2.20. The summed E-state index contributed by atoms with van der Waals surface area (Å²) in [6, 6.07) is 8.52. The average molecular weight is 265 g/mol. The summed E-state index contributed by atoms with van der Waals surface area (Å²) in [6.07, 6.45) is 0. The molecule has 92 valence electrons. The number of phenols is 2. The molecule has 0 radical (unpaired) electrons. The summed E-state index contributed by atoms with van der Waals surface area (Å²) in [5.74, 6) is -1.58. The van der Waals surface area contributed by atoms with Crippen LogP contribution >= 0.6 is 11.6 Å². The highest BCUT2D eigenvalue weighted by atomic mass is 35.5. The molecule has 0 saturated heterocycles. The third-order valence-corrected chi connectivity index (χ3v) is 2.73. The zero-order chi connectivity index (χ0) is 13.3. The lowest BCUT2D eigenvalue weighted by Crippen LogP contribution is -1.97. The van der Waals surface area contributed by atoms with Crippen molar-refractivity contribution in [3.05, 3.63) is 47.0 Å². The van der Waals surface area contributed by atoms with E-state index in [2.05, 4.69) is 0 Å². The van der Waals surface area contributed by atoms with Crippen molar-refractivity contribution in [1.82, 2.24) is 0 Å². The molecule has 0 unspecified atom stereocenters. The fourth-order valence-electron chi connectivity index (χ4n) is 1.61. The van der Waals surface area contributed by atoms with Crippen molar-refractivity contribution in [3.63, 3.8) is 0 Å². The summed E-state index contributed by atoms with van der Waals surface area (Å²) in [5.41, 5.74) is 0.641. The van der Waals surface area contributed by atoms with E-state index in [-0.39, 0.29) is 17.1 Å². The fourth-order valence-corrected chi connectivity index (χ4v) is 1.79. The standard InChI is InChI=1S/C13H9ClO4/c14-8-2-4-11(15)9(6-8)7-1-3-12(16)10(5-7)13(17)18/h1-6,15-16H,(H,17,18). The highest BCUT2D eigenvalue weighted by molar-refractivity contribution is 6.31. The Bertz CT molecular complexity index is 622. The van der Waals surface area contributed by atoms with Crippen molar-refractivity contribution in [1.29, 1.82) is 0 Å². The number of carboxylic acid groups (broad SMARTS) is 1. The summed E-state index contributed by atoms with van der Waals surface area (Å²) >= 11 is 5.82. The number of hydrogen-bond acceptors (Lipinski definition) is 3. The van der Waals surface area contributed by atoms with E-state index in [0.717, 1.165) is 0 Å². The summed E-state index contributed by atoms with van der Waals surface area (Å²) in [5, 5.41) is 28.5. The van der Waals surface area contributed by atoms with E-state index >= 15 is 0 Å². The molecular weight excluding hydrogens is 256 g/mol. The van der Waals surface area contributed by atoms with Crippen LogP contribution in [-0.4, -0.2) is 21.3 Å². The predicted molar refractivity (Wildman–Crippen MR) is 67.2 cm³/mol. The van der Waals surface area contributed by atoms with E-state index in [1.807, 2.05) is 0 Å².